The predicted octanol–water partition coefficient (Wildman–Crippen LogP) is 5.24. The summed E-state index contributed by atoms with van der Waals surface area (Å²) in [7, 11) is 0. The van der Waals surface area contributed by atoms with Gasteiger partial charge in [-0.1, -0.05) is 22.8 Å². The fourth-order valence-electron chi connectivity index (χ4n) is 2.81. The van der Waals surface area contributed by atoms with Gasteiger partial charge in [0.15, 0.2) is 0 Å². The van der Waals surface area contributed by atoms with Gasteiger partial charge in [0.05, 0.1) is 22.3 Å². The number of rotatable bonds is 3. The van der Waals surface area contributed by atoms with E-state index in [-0.39, 0.29) is 17.4 Å². The topological polar surface area (TPSA) is 68.0 Å². The normalized spacial score (nSPS) is 10.9. The van der Waals surface area contributed by atoms with Crippen molar-refractivity contribution in [1.82, 2.24) is 10.1 Å². The fraction of sp³-hybridized carbons (Fsp3) is 0.0500. The van der Waals surface area contributed by atoms with Crippen molar-refractivity contribution >= 4 is 34.3 Å². The number of carbonyl (C=O) groups excluding carboxylic acids is 1. The Hall–Kier alpha value is -3.25. The predicted molar refractivity (Wildman–Crippen MR) is 101 cm³/mol. The number of aryl methyl sites for hydroxylation is 1. The maximum absolute atomic E-state index is 13.2. The third kappa shape index (κ3) is 3.39. The van der Waals surface area contributed by atoms with E-state index in [0.29, 0.717) is 38.6 Å². The molecule has 2 heterocycles. The van der Waals surface area contributed by atoms with Gasteiger partial charge in [0.25, 0.3) is 11.6 Å². The molecule has 27 heavy (non-hydrogen) atoms. The number of benzene rings is 2. The van der Waals surface area contributed by atoms with Crippen molar-refractivity contribution in [1.29, 1.82) is 0 Å². The molecule has 4 aromatic rings. The van der Waals surface area contributed by atoms with Crippen molar-refractivity contribution in [3.8, 4) is 11.3 Å². The lowest BCUT2D eigenvalue weighted by molar-refractivity contribution is 0.102. The summed E-state index contributed by atoms with van der Waals surface area (Å²) in [6, 6.07) is 14.3. The minimum atomic E-state index is -0.353. The Morgan fingerprint density at radius 1 is 1.15 bits per heavy atom. The van der Waals surface area contributed by atoms with E-state index < -0.39 is 0 Å². The molecule has 0 bridgehead atoms. The summed E-state index contributed by atoms with van der Waals surface area (Å²) in [5.74, 6) is -0.700. The molecule has 7 heteroatoms. The van der Waals surface area contributed by atoms with Gasteiger partial charge in [0.1, 0.15) is 5.82 Å². The van der Waals surface area contributed by atoms with Gasteiger partial charge in [-0.2, -0.15) is 0 Å². The Balaban J connectivity index is 1.81. The van der Waals surface area contributed by atoms with Crippen LogP contribution in [0, 0.1) is 12.7 Å². The summed E-state index contributed by atoms with van der Waals surface area (Å²) in [6.07, 6.45) is 0. The Bertz CT molecular complexity index is 1160. The van der Waals surface area contributed by atoms with Crippen molar-refractivity contribution in [3.05, 3.63) is 76.7 Å². The second kappa shape index (κ2) is 6.81. The number of nitrogens with zero attached hydrogens (tertiary/aromatic N) is 2. The molecule has 1 N–H and O–H groups in total. The highest BCUT2D eigenvalue weighted by atomic mass is 35.5. The summed E-state index contributed by atoms with van der Waals surface area (Å²) < 4.78 is 18.5. The van der Waals surface area contributed by atoms with Crippen LogP contribution in [0.5, 0.6) is 0 Å². The van der Waals surface area contributed by atoms with Crippen LogP contribution in [0.25, 0.3) is 22.4 Å². The van der Waals surface area contributed by atoms with Crippen LogP contribution in [0.3, 0.4) is 0 Å². The lowest BCUT2D eigenvalue weighted by Gasteiger charge is -2.09. The van der Waals surface area contributed by atoms with Crippen LogP contribution in [0.4, 0.5) is 10.1 Å². The molecule has 0 radical (unpaired) electrons. The van der Waals surface area contributed by atoms with Gasteiger partial charge < -0.3 is 9.84 Å². The molecule has 0 aliphatic heterocycles. The molecular weight excluding hydrogens is 369 g/mol. The van der Waals surface area contributed by atoms with Crippen LogP contribution in [-0.2, 0) is 0 Å². The number of nitrogens with one attached hydrogen (secondary N) is 1. The minimum Gasteiger partial charge on any atom is -0.335 e. The van der Waals surface area contributed by atoms with E-state index in [4.69, 9.17) is 16.1 Å². The molecule has 0 atom stereocenters. The third-order valence-electron chi connectivity index (χ3n) is 4.08. The zero-order chi connectivity index (χ0) is 19.0. The standard InChI is InChI=1S/C20H13ClFN3O2/c1-11-18-16(19(26)23-15-4-2-3-13(21)9-15)10-17(24-20(18)27-25-11)12-5-7-14(22)8-6-12/h2-10H,1H3,(H,23,26). The Morgan fingerprint density at radius 3 is 2.67 bits per heavy atom. The van der Waals surface area contributed by atoms with Crippen LogP contribution in [0.15, 0.2) is 59.1 Å². The molecule has 0 aliphatic rings. The number of fused-ring (bicyclic) bond motifs is 1. The first-order valence-electron chi connectivity index (χ1n) is 8.11. The largest absolute Gasteiger partial charge is 0.335 e. The van der Waals surface area contributed by atoms with Gasteiger partial charge in [0, 0.05) is 16.3 Å². The van der Waals surface area contributed by atoms with E-state index in [9.17, 15) is 9.18 Å². The zero-order valence-electron chi connectivity index (χ0n) is 14.2. The summed E-state index contributed by atoms with van der Waals surface area (Å²) in [6.45, 7) is 1.74. The van der Waals surface area contributed by atoms with Gasteiger partial charge in [-0.3, -0.25) is 4.79 Å². The highest BCUT2D eigenvalue weighted by Crippen LogP contribution is 2.28. The van der Waals surface area contributed by atoms with Crippen LogP contribution in [0.1, 0.15) is 16.1 Å². The average Bonchev–Trinajstić information content (AvgIpc) is 3.03. The van der Waals surface area contributed by atoms with E-state index in [1.807, 2.05) is 0 Å². The lowest BCUT2D eigenvalue weighted by Crippen LogP contribution is -2.13. The summed E-state index contributed by atoms with van der Waals surface area (Å²) in [5, 5.41) is 7.77. The minimum absolute atomic E-state index is 0.241. The molecule has 0 spiro atoms. The van der Waals surface area contributed by atoms with E-state index in [1.165, 1.54) is 12.1 Å². The molecule has 0 aliphatic carbocycles. The Morgan fingerprint density at radius 2 is 1.93 bits per heavy atom. The number of carbonyl (C=O) groups is 1. The number of hydrogen-bond acceptors (Lipinski definition) is 4. The highest BCUT2D eigenvalue weighted by Gasteiger charge is 2.19. The number of hydrogen-bond donors (Lipinski definition) is 1. The molecule has 0 saturated carbocycles. The lowest BCUT2D eigenvalue weighted by atomic mass is 10.0. The fourth-order valence-corrected chi connectivity index (χ4v) is 3.00. The molecule has 2 aromatic heterocycles. The second-order valence-electron chi connectivity index (χ2n) is 5.97. The molecule has 0 fully saturated rings. The van der Waals surface area contributed by atoms with Crippen LogP contribution in [0.2, 0.25) is 5.02 Å². The summed E-state index contributed by atoms with van der Waals surface area (Å²) in [5.41, 5.74) is 2.86. The number of aromatic nitrogens is 2. The van der Waals surface area contributed by atoms with Crippen LogP contribution >= 0.6 is 11.6 Å². The van der Waals surface area contributed by atoms with Gasteiger partial charge in [-0.25, -0.2) is 9.37 Å². The Labute approximate surface area is 158 Å². The molecule has 5 nitrogen and oxygen atoms in total. The maximum atomic E-state index is 13.2. The number of pyridine rings is 1. The van der Waals surface area contributed by atoms with Crippen molar-refractivity contribution in [3.63, 3.8) is 0 Å². The number of halogens is 2. The van der Waals surface area contributed by atoms with E-state index in [1.54, 1.807) is 49.4 Å². The smallest absolute Gasteiger partial charge is 0.259 e. The van der Waals surface area contributed by atoms with Gasteiger partial charge in [-0.05, 0) is 55.5 Å². The van der Waals surface area contributed by atoms with Gasteiger partial charge in [0.2, 0.25) is 0 Å². The summed E-state index contributed by atoms with van der Waals surface area (Å²) in [4.78, 5) is 17.3. The van der Waals surface area contributed by atoms with Gasteiger partial charge >= 0.3 is 0 Å². The van der Waals surface area contributed by atoms with Crippen molar-refractivity contribution < 1.29 is 13.7 Å². The van der Waals surface area contributed by atoms with Gasteiger partial charge in [-0.15, -0.1) is 0 Å². The first-order chi connectivity index (χ1) is 13.0. The quantitative estimate of drug-likeness (QED) is 0.526. The highest BCUT2D eigenvalue weighted by molar-refractivity contribution is 6.31. The molecule has 4 rings (SSSR count). The first kappa shape index (κ1) is 17.2. The number of anilines is 1. The van der Waals surface area contributed by atoms with Crippen molar-refractivity contribution in [2.45, 2.75) is 6.92 Å². The van der Waals surface area contributed by atoms with E-state index in [0.717, 1.165) is 0 Å². The molecule has 0 unspecified atom stereocenters. The number of amides is 1. The third-order valence-corrected chi connectivity index (χ3v) is 4.32. The van der Waals surface area contributed by atoms with Crippen LogP contribution < -0.4 is 5.32 Å². The molecule has 0 saturated heterocycles. The Kier molecular flexibility index (Phi) is 4.33. The van der Waals surface area contributed by atoms with Crippen LogP contribution in [-0.4, -0.2) is 16.0 Å². The molecule has 134 valence electrons. The maximum Gasteiger partial charge on any atom is 0.259 e. The van der Waals surface area contributed by atoms with E-state index >= 15 is 0 Å². The summed E-state index contributed by atoms with van der Waals surface area (Å²) >= 11 is 5.98. The zero-order valence-corrected chi connectivity index (χ0v) is 14.9. The molecular formula is C20H13ClFN3O2. The molecule has 1 amide bonds. The average molecular weight is 382 g/mol. The van der Waals surface area contributed by atoms with Crippen molar-refractivity contribution in [2.75, 3.05) is 5.32 Å². The van der Waals surface area contributed by atoms with E-state index in [2.05, 4.69) is 15.5 Å². The molecule has 2 aromatic carbocycles. The monoisotopic (exact) mass is 381 g/mol. The van der Waals surface area contributed by atoms with Crippen molar-refractivity contribution in [2.24, 2.45) is 0 Å². The SMILES string of the molecule is Cc1noc2nc(-c3ccc(F)cc3)cc(C(=O)Nc3cccc(Cl)c3)c12. The second-order valence-corrected chi connectivity index (χ2v) is 6.41. The first-order valence-corrected chi connectivity index (χ1v) is 8.49.